The van der Waals surface area contributed by atoms with Gasteiger partial charge in [-0.1, -0.05) is 0 Å². The Kier molecular flexibility index (Phi) is 4.46. The summed E-state index contributed by atoms with van der Waals surface area (Å²) in [5.41, 5.74) is 2.07. The molecule has 1 unspecified atom stereocenters. The molecule has 1 aromatic heterocycles. The second kappa shape index (κ2) is 5.97. The lowest BCUT2D eigenvalue weighted by molar-refractivity contribution is 0.0112. The molecule has 0 bridgehead atoms. The molecule has 1 aliphatic heterocycles. The Morgan fingerprint density at radius 2 is 2.14 bits per heavy atom. The van der Waals surface area contributed by atoms with Gasteiger partial charge in [0.05, 0.1) is 23.1 Å². The number of aromatic nitrogens is 2. The molecule has 1 atom stereocenters. The number of piperazine rings is 1. The summed E-state index contributed by atoms with van der Waals surface area (Å²) in [6, 6.07) is -0.137. The highest BCUT2D eigenvalue weighted by Crippen LogP contribution is 2.24. The average molecular weight is 292 g/mol. The van der Waals surface area contributed by atoms with E-state index in [0.29, 0.717) is 13.1 Å². The van der Waals surface area contributed by atoms with E-state index < -0.39 is 5.60 Å². The number of aryl methyl sites for hydroxylation is 2. The smallest absolute Gasteiger partial charge is 0.410 e. The van der Waals surface area contributed by atoms with Crippen LogP contribution < -0.4 is 5.32 Å². The number of ether oxygens (including phenoxy) is 1. The summed E-state index contributed by atoms with van der Waals surface area (Å²) in [7, 11) is 0. The van der Waals surface area contributed by atoms with Crippen molar-refractivity contribution in [2.45, 2.75) is 46.3 Å². The van der Waals surface area contributed by atoms with Gasteiger partial charge >= 0.3 is 6.09 Å². The fourth-order valence-corrected chi connectivity index (χ4v) is 2.42. The second-order valence-corrected chi connectivity index (χ2v) is 6.38. The Labute approximate surface area is 125 Å². The summed E-state index contributed by atoms with van der Waals surface area (Å²) < 4.78 is 5.50. The lowest BCUT2D eigenvalue weighted by Gasteiger charge is -2.37. The maximum atomic E-state index is 12.4. The molecule has 0 radical (unpaired) electrons. The van der Waals surface area contributed by atoms with Gasteiger partial charge in [-0.25, -0.2) is 4.79 Å². The van der Waals surface area contributed by atoms with Crippen molar-refractivity contribution in [3.8, 4) is 0 Å². The highest BCUT2D eigenvalue weighted by atomic mass is 16.6. The first-order chi connectivity index (χ1) is 9.78. The Bertz CT molecular complexity index is 525. The topological polar surface area (TPSA) is 67.4 Å². The van der Waals surface area contributed by atoms with Crippen molar-refractivity contribution < 1.29 is 9.53 Å². The summed E-state index contributed by atoms with van der Waals surface area (Å²) in [6.07, 6.45) is 1.44. The van der Waals surface area contributed by atoms with E-state index in [1.54, 1.807) is 11.1 Å². The number of hydrogen-bond donors (Lipinski definition) is 1. The van der Waals surface area contributed by atoms with Gasteiger partial charge in [-0.05, 0) is 34.6 Å². The summed E-state index contributed by atoms with van der Waals surface area (Å²) >= 11 is 0. The van der Waals surface area contributed by atoms with Crippen LogP contribution in [0, 0.1) is 13.8 Å². The first kappa shape index (κ1) is 15.7. The van der Waals surface area contributed by atoms with Crippen molar-refractivity contribution in [1.29, 1.82) is 0 Å². The van der Waals surface area contributed by atoms with Gasteiger partial charge in [-0.2, -0.15) is 0 Å². The summed E-state index contributed by atoms with van der Waals surface area (Å²) in [6.45, 7) is 11.5. The Hall–Kier alpha value is -1.69. The quantitative estimate of drug-likeness (QED) is 0.857. The Balaban J connectivity index is 2.24. The molecule has 6 nitrogen and oxygen atoms in total. The molecule has 1 N–H and O–H groups in total. The van der Waals surface area contributed by atoms with E-state index in [-0.39, 0.29) is 12.1 Å². The van der Waals surface area contributed by atoms with Crippen LogP contribution in [0.5, 0.6) is 0 Å². The predicted molar refractivity (Wildman–Crippen MR) is 80.1 cm³/mol. The minimum absolute atomic E-state index is 0.137. The minimum Gasteiger partial charge on any atom is -0.444 e. The molecular weight excluding hydrogens is 268 g/mol. The van der Waals surface area contributed by atoms with E-state index in [1.807, 2.05) is 34.6 Å². The lowest BCUT2D eigenvalue weighted by Crippen LogP contribution is -2.50. The molecule has 1 aromatic rings. The number of amides is 1. The number of rotatable bonds is 1. The van der Waals surface area contributed by atoms with Crippen LogP contribution in [-0.2, 0) is 4.74 Å². The molecule has 0 spiro atoms. The fraction of sp³-hybridized carbons (Fsp3) is 0.667. The SMILES string of the molecule is Cc1cnc(C2CNCCN2C(=O)OC(C)(C)C)c(C)n1. The first-order valence-corrected chi connectivity index (χ1v) is 7.28. The highest BCUT2D eigenvalue weighted by Gasteiger charge is 2.33. The molecule has 0 saturated carbocycles. The van der Waals surface area contributed by atoms with Crippen molar-refractivity contribution >= 4 is 6.09 Å². The van der Waals surface area contributed by atoms with Crippen LogP contribution in [0.15, 0.2) is 6.20 Å². The van der Waals surface area contributed by atoms with Gasteiger partial charge in [0.2, 0.25) is 0 Å². The molecule has 0 aromatic carbocycles. The first-order valence-electron chi connectivity index (χ1n) is 7.28. The zero-order valence-corrected chi connectivity index (χ0v) is 13.4. The molecular formula is C15H24N4O2. The monoisotopic (exact) mass is 292 g/mol. The fourth-order valence-electron chi connectivity index (χ4n) is 2.42. The minimum atomic E-state index is -0.499. The highest BCUT2D eigenvalue weighted by molar-refractivity contribution is 5.69. The van der Waals surface area contributed by atoms with Crippen molar-refractivity contribution in [3.63, 3.8) is 0 Å². The Morgan fingerprint density at radius 3 is 2.76 bits per heavy atom. The van der Waals surface area contributed by atoms with Crippen molar-refractivity contribution in [2.75, 3.05) is 19.6 Å². The summed E-state index contributed by atoms with van der Waals surface area (Å²) in [5.74, 6) is 0. The van der Waals surface area contributed by atoms with Crippen LogP contribution in [0.4, 0.5) is 4.79 Å². The lowest BCUT2D eigenvalue weighted by atomic mass is 10.1. The largest absolute Gasteiger partial charge is 0.444 e. The second-order valence-electron chi connectivity index (χ2n) is 6.38. The maximum absolute atomic E-state index is 12.4. The average Bonchev–Trinajstić information content (AvgIpc) is 2.37. The van der Waals surface area contributed by atoms with E-state index in [4.69, 9.17) is 4.74 Å². The van der Waals surface area contributed by atoms with Gasteiger partial charge in [-0.3, -0.25) is 14.9 Å². The van der Waals surface area contributed by atoms with Gasteiger partial charge in [-0.15, -0.1) is 0 Å². The van der Waals surface area contributed by atoms with Crippen LogP contribution in [-0.4, -0.2) is 46.2 Å². The third-order valence-electron chi connectivity index (χ3n) is 3.29. The third-order valence-corrected chi connectivity index (χ3v) is 3.29. The van der Waals surface area contributed by atoms with Gasteiger partial charge in [0, 0.05) is 25.8 Å². The standard InChI is InChI=1S/C15H24N4O2/c1-10-8-17-13(11(2)18-10)12-9-16-6-7-19(12)14(20)21-15(3,4)5/h8,12,16H,6-7,9H2,1-5H3. The number of nitrogens with one attached hydrogen (secondary N) is 1. The zero-order valence-electron chi connectivity index (χ0n) is 13.4. The molecule has 0 aliphatic carbocycles. The van der Waals surface area contributed by atoms with E-state index in [1.165, 1.54) is 0 Å². The zero-order chi connectivity index (χ0) is 15.6. The molecule has 116 valence electrons. The van der Waals surface area contributed by atoms with Crippen molar-refractivity contribution in [1.82, 2.24) is 20.2 Å². The number of nitrogens with zero attached hydrogens (tertiary/aromatic N) is 3. The van der Waals surface area contributed by atoms with E-state index in [2.05, 4.69) is 15.3 Å². The number of hydrogen-bond acceptors (Lipinski definition) is 5. The van der Waals surface area contributed by atoms with E-state index in [0.717, 1.165) is 23.6 Å². The Morgan fingerprint density at radius 1 is 1.43 bits per heavy atom. The third kappa shape index (κ3) is 3.91. The normalized spacial score (nSPS) is 19.5. The van der Waals surface area contributed by atoms with E-state index in [9.17, 15) is 4.79 Å². The van der Waals surface area contributed by atoms with Gasteiger partial charge in [0.15, 0.2) is 0 Å². The van der Waals surface area contributed by atoms with Gasteiger partial charge in [0.1, 0.15) is 5.60 Å². The van der Waals surface area contributed by atoms with Gasteiger partial charge < -0.3 is 10.1 Å². The predicted octanol–water partition coefficient (Wildman–Crippen LogP) is 1.97. The summed E-state index contributed by atoms with van der Waals surface area (Å²) in [4.78, 5) is 23.1. The van der Waals surface area contributed by atoms with Crippen molar-refractivity contribution in [2.24, 2.45) is 0 Å². The molecule has 1 fully saturated rings. The molecule has 2 heterocycles. The van der Waals surface area contributed by atoms with Crippen molar-refractivity contribution in [3.05, 3.63) is 23.3 Å². The molecule has 1 aliphatic rings. The summed E-state index contributed by atoms with van der Waals surface area (Å²) in [5, 5.41) is 3.31. The van der Waals surface area contributed by atoms with Crippen LogP contribution in [0.1, 0.15) is 43.9 Å². The van der Waals surface area contributed by atoms with Crippen LogP contribution in [0.3, 0.4) is 0 Å². The number of carbonyl (C=O) groups excluding carboxylic acids is 1. The van der Waals surface area contributed by atoms with Crippen LogP contribution in [0.25, 0.3) is 0 Å². The van der Waals surface area contributed by atoms with Crippen LogP contribution in [0.2, 0.25) is 0 Å². The molecule has 1 amide bonds. The maximum Gasteiger partial charge on any atom is 0.410 e. The van der Waals surface area contributed by atoms with E-state index >= 15 is 0 Å². The van der Waals surface area contributed by atoms with Crippen LogP contribution >= 0.6 is 0 Å². The molecule has 1 saturated heterocycles. The number of carbonyl (C=O) groups is 1. The van der Waals surface area contributed by atoms with Gasteiger partial charge in [0.25, 0.3) is 0 Å². The molecule has 6 heteroatoms. The molecule has 21 heavy (non-hydrogen) atoms. The molecule has 2 rings (SSSR count).